The first kappa shape index (κ1) is 14.2. The zero-order valence-corrected chi connectivity index (χ0v) is 12.6. The van der Waals surface area contributed by atoms with Crippen molar-refractivity contribution in [2.45, 2.75) is 6.92 Å². The Bertz CT molecular complexity index is 852. The minimum Gasteiger partial charge on any atom is -0.321 e. The van der Waals surface area contributed by atoms with Crippen LogP contribution in [0.1, 0.15) is 16.6 Å². The van der Waals surface area contributed by atoms with Gasteiger partial charge in [-0.25, -0.2) is 0 Å². The fraction of sp³-hybridized carbons (Fsp3) is 0.0625. The molecule has 3 rings (SSSR count). The van der Waals surface area contributed by atoms with E-state index in [1.54, 1.807) is 18.3 Å². The molecule has 0 fully saturated rings. The van der Waals surface area contributed by atoms with Crippen molar-refractivity contribution in [1.82, 2.24) is 4.98 Å². The number of hydrogen-bond donors (Lipinski definition) is 2. The molecule has 2 aromatic heterocycles. The summed E-state index contributed by atoms with van der Waals surface area (Å²) in [5.74, 6) is -0.369. The van der Waals surface area contributed by atoms with Gasteiger partial charge in [0.2, 0.25) is 5.91 Å². The number of amides is 2. The van der Waals surface area contributed by atoms with Gasteiger partial charge in [0.05, 0.1) is 21.1 Å². The Kier molecular flexibility index (Phi) is 3.84. The summed E-state index contributed by atoms with van der Waals surface area (Å²) in [5, 5.41) is 7.09. The molecule has 0 unspecified atom stereocenters. The molecule has 0 saturated carbocycles. The van der Waals surface area contributed by atoms with Crippen LogP contribution >= 0.6 is 11.3 Å². The van der Waals surface area contributed by atoms with Crippen LogP contribution < -0.4 is 10.6 Å². The highest BCUT2D eigenvalue weighted by molar-refractivity contribution is 7.18. The summed E-state index contributed by atoms with van der Waals surface area (Å²) in [6.45, 7) is 1.43. The second-order valence-corrected chi connectivity index (χ2v) is 5.76. The Balaban J connectivity index is 1.84. The summed E-state index contributed by atoms with van der Waals surface area (Å²) in [5.41, 5.74) is 1.54. The third-order valence-electron chi connectivity index (χ3n) is 3.02. The van der Waals surface area contributed by atoms with Gasteiger partial charge in [-0.3, -0.25) is 14.6 Å². The first-order valence-corrected chi connectivity index (χ1v) is 7.47. The first-order chi connectivity index (χ1) is 10.6. The monoisotopic (exact) mass is 311 g/mol. The number of carbonyl (C=O) groups excluding carboxylic acids is 2. The molecular weight excluding hydrogens is 298 g/mol. The van der Waals surface area contributed by atoms with Gasteiger partial charge in [-0.2, -0.15) is 0 Å². The quantitative estimate of drug-likeness (QED) is 0.777. The Morgan fingerprint density at radius 2 is 1.91 bits per heavy atom. The first-order valence-electron chi connectivity index (χ1n) is 6.66. The molecule has 6 heteroatoms. The van der Waals surface area contributed by atoms with Crippen molar-refractivity contribution < 1.29 is 9.59 Å². The highest BCUT2D eigenvalue weighted by atomic mass is 32.1. The van der Waals surface area contributed by atoms with E-state index < -0.39 is 0 Å². The molecule has 0 saturated heterocycles. The van der Waals surface area contributed by atoms with E-state index in [4.69, 9.17) is 0 Å². The molecular formula is C16H13N3O2S. The molecule has 0 aliphatic heterocycles. The van der Waals surface area contributed by atoms with Crippen molar-refractivity contribution in [3.63, 3.8) is 0 Å². The van der Waals surface area contributed by atoms with E-state index in [1.165, 1.54) is 18.3 Å². The van der Waals surface area contributed by atoms with Crippen LogP contribution in [0.2, 0.25) is 0 Å². The van der Waals surface area contributed by atoms with Crippen molar-refractivity contribution in [1.29, 1.82) is 0 Å². The molecule has 5 nitrogen and oxygen atoms in total. The van der Waals surface area contributed by atoms with Crippen molar-refractivity contribution in [2.75, 3.05) is 10.6 Å². The Hall–Kier alpha value is -2.73. The number of anilines is 2. The average molecular weight is 311 g/mol. The van der Waals surface area contributed by atoms with Crippen molar-refractivity contribution in [3.05, 3.63) is 53.5 Å². The molecule has 0 bridgehead atoms. The molecule has 2 N–H and O–H groups in total. The maximum Gasteiger partial charge on any atom is 0.265 e. The van der Waals surface area contributed by atoms with Crippen LogP contribution in [0, 0.1) is 0 Å². The summed E-state index contributed by atoms with van der Waals surface area (Å²) in [7, 11) is 0. The summed E-state index contributed by atoms with van der Waals surface area (Å²) < 4.78 is 0. The standard InChI is InChI=1S/C16H13N3O2S/c1-10(20)18-15-8-7-14(22-15)16(21)19-13-6-2-5-12-11(13)4-3-9-17-12/h2-9H,1H3,(H,18,20)(H,19,21). The molecule has 0 aliphatic carbocycles. The number of carbonyl (C=O) groups is 2. The van der Waals surface area contributed by atoms with E-state index in [2.05, 4.69) is 15.6 Å². The fourth-order valence-electron chi connectivity index (χ4n) is 2.10. The number of fused-ring (bicyclic) bond motifs is 1. The largest absolute Gasteiger partial charge is 0.321 e. The van der Waals surface area contributed by atoms with Gasteiger partial charge in [-0.1, -0.05) is 6.07 Å². The number of pyridine rings is 1. The van der Waals surface area contributed by atoms with Crippen molar-refractivity contribution >= 4 is 44.7 Å². The minimum atomic E-state index is -0.210. The van der Waals surface area contributed by atoms with Gasteiger partial charge in [0.15, 0.2) is 0 Å². The molecule has 0 atom stereocenters. The van der Waals surface area contributed by atoms with E-state index in [0.717, 1.165) is 10.9 Å². The summed E-state index contributed by atoms with van der Waals surface area (Å²) >= 11 is 1.23. The lowest BCUT2D eigenvalue weighted by Crippen LogP contribution is -2.10. The van der Waals surface area contributed by atoms with Crippen LogP contribution in [-0.4, -0.2) is 16.8 Å². The van der Waals surface area contributed by atoms with Gasteiger partial charge >= 0.3 is 0 Å². The van der Waals surface area contributed by atoms with Gasteiger partial charge < -0.3 is 10.6 Å². The predicted octanol–water partition coefficient (Wildman–Crippen LogP) is 3.51. The number of aromatic nitrogens is 1. The number of hydrogen-bond acceptors (Lipinski definition) is 4. The molecule has 0 radical (unpaired) electrons. The highest BCUT2D eigenvalue weighted by Crippen LogP contribution is 2.25. The van der Waals surface area contributed by atoms with E-state index >= 15 is 0 Å². The lowest BCUT2D eigenvalue weighted by Gasteiger charge is -2.07. The summed E-state index contributed by atoms with van der Waals surface area (Å²) in [6.07, 6.45) is 1.72. The molecule has 0 spiro atoms. The molecule has 3 aromatic rings. The highest BCUT2D eigenvalue weighted by Gasteiger charge is 2.11. The average Bonchev–Trinajstić information content (AvgIpc) is 2.95. The second-order valence-electron chi connectivity index (χ2n) is 4.67. The topological polar surface area (TPSA) is 71.1 Å². The molecule has 1 aromatic carbocycles. The molecule has 0 aliphatic rings. The van der Waals surface area contributed by atoms with E-state index in [0.29, 0.717) is 15.6 Å². The zero-order chi connectivity index (χ0) is 15.5. The van der Waals surface area contributed by atoms with Gasteiger partial charge in [-0.05, 0) is 36.4 Å². The van der Waals surface area contributed by atoms with Crippen molar-refractivity contribution in [3.8, 4) is 0 Å². The van der Waals surface area contributed by atoms with Crippen LogP contribution in [0.25, 0.3) is 10.9 Å². The Labute approximate surface area is 131 Å². The third kappa shape index (κ3) is 2.96. The number of rotatable bonds is 3. The smallest absolute Gasteiger partial charge is 0.265 e. The third-order valence-corrected chi connectivity index (χ3v) is 4.02. The number of nitrogens with zero attached hydrogens (tertiary/aromatic N) is 1. The molecule has 2 amide bonds. The van der Waals surface area contributed by atoms with E-state index in [1.807, 2.05) is 30.3 Å². The van der Waals surface area contributed by atoms with Crippen LogP contribution in [0.15, 0.2) is 48.7 Å². The lowest BCUT2D eigenvalue weighted by atomic mass is 10.2. The van der Waals surface area contributed by atoms with E-state index in [-0.39, 0.29) is 11.8 Å². The Morgan fingerprint density at radius 1 is 1.05 bits per heavy atom. The molecule has 22 heavy (non-hydrogen) atoms. The van der Waals surface area contributed by atoms with Crippen LogP contribution in [0.4, 0.5) is 10.7 Å². The predicted molar refractivity (Wildman–Crippen MR) is 88.3 cm³/mol. The van der Waals surface area contributed by atoms with Crippen LogP contribution in [0.3, 0.4) is 0 Å². The van der Waals surface area contributed by atoms with Crippen LogP contribution in [0.5, 0.6) is 0 Å². The number of thiophene rings is 1. The summed E-state index contributed by atoms with van der Waals surface area (Å²) in [6, 6.07) is 12.7. The fourth-order valence-corrected chi connectivity index (χ4v) is 2.94. The second kappa shape index (κ2) is 5.95. The SMILES string of the molecule is CC(=O)Nc1ccc(C(=O)Nc2cccc3ncccc23)s1. The van der Waals surface area contributed by atoms with Gasteiger partial charge in [0.25, 0.3) is 5.91 Å². The van der Waals surface area contributed by atoms with Crippen LogP contribution in [-0.2, 0) is 4.79 Å². The molecule has 110 valence electrons. The number of nitrogens with one attached hydrogen (secondary N) is 2. The lowest BCUT2D eigenvalue weighted by molar-refractivity contribution is -0.114. The summed E-state index contributed by atoms with van der Waals surface area (Å²) in [4.78, 5) is 28.1. The van der Waals surface area contributed by atoms with Gasteiger partial charge in [0.1, 0.15) is 0 Å². The van der Waals surface area contributed by atoms with Gasteiger partial charge in [0, 0.05) is 18.5 Å². The van der Waals surface area contributed by atoms with Gasteiger partial charge in [-0.15, -0.1) is 11.3 Å². The zero-order valence-electron chi connectivity index (χ0n) is 11.8. The minimum absolute atomic E-state index is 0.158. The maximum absolute atomic E-state index is 12.3. The van der Waals surface area contributed by atoms with E-state index in [9.17, 15) is 9.59 Å². The maximum atomic E-state index is 12.3. The number of benzene rings is 1. The van der Waals surface area contributed by atoms with Crippen molar-refractivity contribution in [2.24, 2.45) is 0 Å². The Morgan fingerprint density at radius 3 is 2.73 bits per heavy atom. The normalized spacial score (nSPS) is 10.4. The molecule has 2 heterocycles.